The Morgan fingerprint density at radius 1 is 0.846 bits per heavy atom. The highest BCUT2D eigenvalue weighted by Crippen LogP contribution is 2.29. The molecule has 0 unspecified atom stereocenters. The van der Waals surface area contributed by atoms with Gasteiger partial charge < -0.3 is 19.1 Å². The van der Waals surface area contributed by atoms with E-state index in [2.05, 4.69) is 16.3 Å². The van der Waals surface area contributed by atoms with E-state index in [1.165, 1.54) is 0 Å². The van der Waals surface area contributed by atoms with Crippen molar-refractivity contribution in [1.82, 2.24) is 5.32 Å². The summed E-state index contributed by atoms with van der Waals surface area (Å²) < 4.78 is 11.4. The van der Waals surface area contributed by atoms with Gasteiger partial charge in [-0.3, -0.25) is 0 Å². The second-order valence-electron chi connectivity index (χ2n) is 6.56. The summed E-state index contributed by atoms with van der Waals surface area (Å²) in [5.74, 6) is 0.535. The summed E-state index contributed by atoms with van der Waals surface area (Å²) in [6.45, 7) is 3.83. The number of piperazine rings is 1. The monoisotopic (exact) mass is 346 g/mol. The summed E-state index contributed by atoms with van der Waals surface area (Å²) >= 11 is 0. The standard InChI is InChI=1S/C21H18N2O3/c24-21-17(20-12-14-3-1-2-4-18(14)25-20)11-15-5-6-16(13-19(15)26-21)23-9-7-22-8-10-23/h1-6,11-13,22H,7-10H2. The van der Waals surface area contributed by atoms with Crippen LogP contribution in [0.15, 0.2) is 68.2 Å². The largest absolute Gasteiger partial charge is 0.456 e. The fourth-order valence-corrected chi connectivity index (χ4v) is 3.51. The van der Waals surface area contributed by atoms with Crippen molar-refractivity contribution in [2.24, 2.45) is 0 Å². The van der Waals surface area contributed by atoms with Crippen molar-refractivity contribution < 1.29 is 8.83 Å². The molecule has 0 amide bonds. The average Bonchev–Trinajstić information content (AvgIpc) is 3.11. The molecule has 0 bridgehead atoms. The maximum atomic E-state index is 12.5. The number of furan rings is 1. The number of hydrogen-bond donors (Lipinski definition) is 1. The molecule has 5 nitrogen and oxygen atoms in total. The number of nitrogens with one attached hydrogen (secondary N) is 1. The Bertz CT molecular complexity index is 1120. The summed E-state index contributed by atoms with van der Waals surface area (Å²) in [7, 11) is 0. The van der Waals surface area contributed by atoms with Gasteiger partial charge in [-0.1, -0.05) is 18.2 Å². The van der Waals surface area contributed by atoms with Crippen molar-refractivity contribution in [3.63, 3.8) is 0 Å². The first-order valence-electron chi connectivity index (χ1n) is 8.80. The molecule has 1 N–H and O–H groups in total. The molecular weight excluding hydrogens is 328 g/mol. The lowest BCUT2D eigenvalue weighted by atomic mass is 10.1. The van der Waals surface area contributed by atoms with Crippen LogP contribution in [0.3, 0.4) is 0 Å². The quantitative estimate of drug-likeness (QED) is 0.562. The van der Waals surface area contributed by atoms with Crippen molar-refractivity contribution in [3.8, 4) is 11.3 Å². The van der Waals surface area contributed by atoms with Crippen molar-refractivity contribution in [3.05, 3.63) is 65.0 Å². The third-order valence-electron chi connectivity index (χ3n) is 4.89. The minimum Gasteiger partial charge on any atom is -0.456 e. The summed E-state index contributed by atoms with van der Waals surface area (Å²) in [4.78, 5) is 14.8. The first-order chi connectivity index (χ1) is 12.8. The van der Waals surface area contributed by atoms with Gasteiger partial charge >= 0.3 is 5.63 Å². The Labute approximate surface area is 149 Å². The lowest BCUT2D eigenvalue weighted by Crippen LogP contribution is -2.43. The minimum atomic E-state index is -0.381. The van der Waals surface area contributed by atoms with E-state index in [1.807, 2.05) is 48.5 Å². The molecule has 1 fully saturated rings. The van der Waals surface area contributed by atoms with Crippen LogP contribution in [0.4, 0.5) is 5.69 Å². The van der Waals surface area contributed by atoms with Gasteiger partial charge in [-0.15, -0.1) is 0 Å². The van der Waals surface area contributed by atoms with E-state index in [1.54, 1.807) is 0 Å². The first-order valence-corrected chi connectivity index (χ1v) is 8.80. The van der Waals surface area contributed by atoms with E-state index in [0.717, 1.165) is 48.2 Å². The Morgan fingerprint density at radius 2 is 1.65 bits per heavy atom. The molecule has 0 atom stereocenters. The van der Waals surface area contributed by atoms with E-state index >= 15 is 0 Å². The molecule has 5 heteroatoms. The molecule has 1 aliphatic heterocycles. The topological polar surface area (TPSA) is 58.6 Å². The number of nitrogens with zero attached hydrogens (tertiary/aromatic N) is 1. The fourth-order valence-electron chi connectivity index (χ4n) is 3.51. The summed E-state index contributed by atoms with van der Waals surface area (Å²) in [6, 6.07) is 17.5. The van der Waals surface area contributed by atoms with Gasteiger partial charge in [-0.25, -0.2) is 4.79 Å². The summed E-state index contributed by atoms with van der Waals surface area (Å²) in [5.41, 5.74) is 2.51. The summed E-state index contributed by atoms with van der Waals surface area (Å²) in [6.07, 6.45) is 0. The predicted octanol–water partition coefficient (Wildman–Crippen LogP) is 3.62. The fraction of sp³-hybridized carbons (Fsp3) is 0.190. The lowest BCUT2D eigenvalue weighted by molar-refractivity contribution is 0.554. The maximum absolute atomic E-state index is 12.5. The predicted molar refractivity (Wildman–Crippen MR) is 103 cm³/mol. The van der Waals surface area contributed by atoms with Gasteiger partial charge in [0.25, 0.3) is 0 Å². The number of anilines is 1. The van der Waals surface area contributed by atoms with Crippen LogP contribution in [-0.4, -0.2) is 26.2 Å². The number of fused-ring (bicyclic) bond motifs is 2. The van der Waals surface area contributed by atoms with Crippen molar-refractivity contribution in [1.29, 1.82) is 0 Å². The van der Waals surface area contributed by atoms with Gasteiger partial charge in [0.1, 0.15) is 22.5 Å². The zero-order valence-corrected chi connectivity index (χ0v) is 14.2. The van der Waals surface area contributed by atoms with Gasteiger partial charge in [0, 0.05) is 48.7 Å². The second-order valence-corrected chi connectivity index (χ2v) is 6.56. The molecule has 4 aromatic rings. The minimum absolute atomic E-state index is 0.381. The Balaban J connectivity index is 1.59. The Kier molecular flexibility index (Phi) is 3.53. The molecule has 26 heavy (non-hydrogen) atoms. The molecule has 0 saturated carbocycles. The van der Waals surface area contributed by atoms with Crippen LogP contribution in [0, 0.1) is 0 Å². The van der Waals surface area contributed by atoms with Crippen LogP contribution in [0.25, 0.3) is 33.3 Å². The Hall–Kier alpha value is -3.05. The molecule has 1 saturated heterocycles. The zero-order chi connectivity index (χ0) is 17.5. The number of rotatable bonds is 2. The van der Waals surface area contributed by atoms with E-state index in [9.17, 15) is 4.79 Å². The van der Waals surface area contributed by atoms with E-state index < -0.39 is 0 Å². The molecule has 0 radical (unpaired) electrons. The van der Waals surface area contributed by atoms with Crippen LogP contribution in [0.2, 0.25) is 0 Å². The van der Waals surface area contributed by atoms with Crippen molar-refractivity contribution in [2.45, 2.75) is 0 Å². The molecule has 1 aliphatic rings. The highest BCUT2D eigenvalue weighted by Gasteiger charge is 2.15. The van der Waals surface area contributed by atoms with Gasteiger partial charge in [-0.2, -0.15) is 0 Å². The second kappa shape index (κ2) is 6.04. The maximum Gasteiger partial charge on any atom is 0.347 e. The van der Waals surface area contributed by atoms with Crippen LogP contribution in [-0.2, 0) is 0 Å². The van der Waals surface area contributed by atoms with E-state index in [-0.39, 0.29) is 5.63 Å². The molecule has 0 aliphatic carbocycles. The molecule has 5 rings (SSSR count). The van der Waals surface area contributed by atoms with E-state index in [0.29, 0.717) is 16.9 Å². The smallest absolute Gasteiger partial charge is 0.347 e. The van der Waals surface area contributed by atoms with Crippen molar-refractivity contribution in [2.75, 3.05) is 31.1 Å². The Morgan fingerprint density at radius 3 is 2.50 bits per heavy atom. The molecule has 0 spiro atoms. The molecule has 2 aromatic heterocycles. The molecule has 130 valence electrons. The van der Waals surface area contributed by atoms with Crippen molar-refractivity contribution >= 4 is 27.6 Å². The number of para-hydroxylation sites is 1. The zero-order valence-electron chi connectivity index (χ0n) is 14.2. The first kappa shape index (κ1) is 15.2. The van der Waals surface area contributed by atoms with Crippen LogP contribution in [0.1, 0.15) is 0 Å². The number of hydrogen-bond acceptors (Lipinski definition) is 5. The highest BCUT2D eigenvalue weighted by atomic mass is 16.4. The van der Waals surface area contributed by atoms with Crippen LogP contribution < -0.4 is 15.8 Å². The number of benzene rings is 2. The van der Waals surface area contributed by atoms with Gasteiger partial charge in [0.2, 0.25) is 0 Å². The van der Waals surface area contributed by atoms with Crippen LogP contribution in [0.5, 0.6) is 0 Å². The van der Waals surface area contributed by atoms with E-state index in [4.69, 9.17) is 8.83 Å². The lowest BCUT2D eigenvalue weighted by Gasteiger charge is -2.29. The van der Waals surface area contributed by atoms with Gasteiger partial charge in [-0.05, 0) is 30.3 Å². The summed E-state index contributed by atoms with van der Waals surface area (Å²) in [5, 5.41) is 5.20. The SMILES string of the molecule is O=c1oc2cc(N3CCNCC3)ccc2cc1-c1cc2ccccc2o1. The molecule has 2 aromatic carbocycles. The molecule has 3 heterocycles. The third-order valence-corrected chi connectivity index (χ3v) is 4.89. The molecular formula is C21H18N2O3. The third kappa shape index (κ3) is 2.57. The average molecular weight is 346 g/mol. The van der Waals surface area contributed by atoms with Gasteiger partial charge in [0.05, 0.1) is 0 Å². The van der Waals surface area contributed by atoms with Gasteiger partial charge in [0.15, 0.2) is 0 Å². The highest BCUT2D eigenvalue weighted by molar-refractivity contribution is 5.87. The van der Waals surface area contributed by atoms with Crippen LogP contribution >= 0.6 is 0 Å². The normalized spacial score (nSPS) is 15.0.